The number of nitrogen functional groups attached to an aromatic ring is 1. The summed E-state index contributed by atoms with van der Waals surface area (Å²) < 4.78 is 0. The Labute approximate surface area is 84.3 Å². The van der Waals surface area contributed by atoms with Gasteiger partial charge in [0.1, 0.15) is 0 Å². The van der Waals surface area contributed by atoms with Crippen LogP contribution in [0.3, 0.4) is 0 Å². The highest BCUT2D eigenvalue weighted by molar-refractivity contribution is 5.99. The van der Waals surface area contributed by atoms with Crippen LogP contribution in [0.15, 0.2) is 18.2 Å². The number of Topliss-reactive ketones (excluding diaryl/α,β-unsaturated/α-hetero) is 1. The normalized spacial score (nSPS) is 9.86. The summed E-state index contributed by atoms with van der Waals surface area (Å²) >= 11 is 0. The maximum Gasteiger partial charge on any atom is 0.161 e. The Bertz CT molecular complexity index is 334. The minimum Gasteiger partial charge on any atom is -0.398 e. The second-order valence-electron chi connectivity index (χ2n) is 3.28. The third-order valence-corrected chi connectivity index (χ3v) is 2.01. The van der Waals surface area contributed by atoms with E-state index in [0.717, 1.165) is 18.7 Å². The standard InChI is InChI=1S/C11H16N2O/c1-3-6-13-9-4-5-11(12)10(7-9)8(2)14/h4-5,7,13H,3,6,12H2,1-2H3. The second-order valence-corrected chi connectivity index (χ2v) is 3.28. The summed E-state index contributed by atoms with van der Waals surface area (Å²) in [5.74, 6) is 0.00245. The monoisotopic (exact) mass is 192 g/mol. The fourth-order valence-corrected chi connectivity index (χ4v) is 1.24. The number of nitrogens with one attached hydrogen (secondary N) is 1. The van der Waals surface area contributed by atoms with Gasteiger partial charge in [0.2, 0.25) is 0 Å². The number of hydrogen-bond acceptors (Lipinski definition) is 3. The molecular formula is C11H16N2O. The number of hydrogen-bond donors (Lipinski definition) is 2. The predicted octanol–water partition coefficient (Wildman–Crippen LogP) is 2.29. The number of anilines is 2. The van der Waals surface area contributed by atoms with Crippen molar-refractivity contribution in [3.8, 4) is 0 Å². The van der Waals surface area contributed by atoms with Gasteiger partial charge in [-0.05, 0) is 31.5 Å². The van der Waals surface area contributed by atoms with E-state index in [9.17, 15) is 4.79 Å². The average molecular weight is 192 g/mol. The lowest BCUT2D eigenvalue weighted by Crippen LogP contribution is -2.04. The molecule has 0 aliphatic heterocycles. The van der Waals surface area contributed by atoms with Gasteiger partial charge < -0.3 is 11.1 Å². The van der Waals surface area contributed by atoms with Crippen LogP contribution in [0.1, 0.15) is 30.6 Å². The molecule has 0 aromatic heterocycles. The van der Waals surface area contributed by atoms with E-state index >= 15 is 0 Å². The van der Waals surface area contributed by atoms with E-state index in [1.807, 2.05) is 6.07 Å². The van der Waals surface area contributed by atoms with Gasteiger partial charge in [0.25, 0.3) is 0 Å². The van der Waals surface area contributed by atoms with Gasteiger partial charge in [-0.3, -0.25) is 4.79 Å². The van der Waals surface area contributed by atoms with Crippen molar-refractivity contribution in [2.75, 3.05) is 17.6 Å². The van der Waals surface area contributed by atoms with E-state index < -0.39 is 0 Å². The zero-order chi connectivity index (χ0) is 10.6. The molecule has 0 unspecified atom stereocenters. The van der Waals surface area contributed by atoms with Crippen LogP contribution in [-0.4, -0.2) is 12.3 Å². The minimum absolute atomic E-state index is 0.00245. The fourth-order valence-electron chi connectivity index (χ4n) is 1.24. The molecule has 14 heavy (non-hydrogen) atoms. The van der Waals surface area contributed by atoms with Gasteiger partial charge in [-0.15, -0.1) is 0 Å². The molecule has 0 spiro atoms. The quantitative estimate of drug-likeness (QED) is 0.568. The molecule has 0 aliphatic rings. The van der Waals surface area contributed by atoms with E-state index in [1.165, 1.54) is 6.92 Å². The average Bonchev–Trinajstić information content (AvgIpc) is 2.16. The van der Waals surface area contributed by atoms with E-state index in [0.29, 0.717) is 11.3 Å². The summed E-state index contributed by atoms with van der Waals surface area (Å²) in [5.41, 5.74) is 7.75. The Kier molecular flexibility index (Phi) is 3.51. The van der Waals surface area contributed by atoms with Crippen molar-refractivity contribution in [3.63, 3.8) is 0 Å². The summed E-state index contributed by atoms with van der Waals surface area (Å²) in [6.07, 6.45) is 1.06. The van der Waals surface area contributed by atoms with Gasteiger partial charge in [0.15, 0.2) is 5.78 Å². The van der Waals surface area contributed by atoms with E-state index in [4.69, 9.17) is 5.73 Å². The van der Waals surface area contributed by atoms with Crippen LogP contribution in [0.5, 0.6) is 0 Å². The van der Waals surface area contributed by atoms with Gasteiger partial charge in [-0.2, -0.15) is 0 Å². The largest absolute Gasteiger partial charge is 0.398 e. The van der Waals surface area contributed by atoms with Crippen molar-refractivity contribution in [3.05, 3.63) is 23.8 Å². The van der Waals surface area contributed by atoms with Gasteiger partial charge in [-0.1, -0.05) is 6.92 Å². The molecule has 0 bridgehead atoms. The number of nitrogens with two attached hydrogens (primary N) is 1. The van der Waals surface area contributed by atoms with E-state index in [1.54, 1.807) is 12.1 Å². The molecule has 0 amide bonds. The van der Waals surface area contributed by atoms with Crippen molar-refractivity contribution in [2.24, 2.45) is 0 Å². The molecule has 0 atom stereocenters. The lowest BCUT2D eigenvalue weighted by atomic mass is 10.1. The second kappa shape index (κ2) is 4.65. The molecule has 3 N–H and O–H groups in total. The minimum atomic E-state index is 0.00245. The molecule has 0 heterocycles. The molecule has 0 saturated heterocycles. The van der Waals surface area contributed by atoms with Crippen molar-refractivity contribution < 1.29 is 4.79 Å². The van der Waals surface area contributed by atoms with Crippen LogP contribution in [-0.2, 0) is 0 Å². The maximum atomic E-state index is 11.2. The van der Waals surface area contributed by atoms with Crippen molar-refractivity contribution in [1.29, 1.82) is 0 Å². The van der Waals surface area contributed by atoms with Gasteiger partial charge in [0, 0.05) is 23.5 Å². The van der Waals surface area contributed by atoms with Gasteiger partial charge in [-0.25, -0.2) is 0 Å². The number of carbonyl (C=O) groups is 1. The van der Waals surface area contributed by atoms with Crippen molar-refractivity contribution in [1.82, 2.24) is 0 Å². The first-order chi connectivity index (χ1) is 6.65. The lowest BCUT2D eigenvalue weighted by Gasteiger charge is -2.07. The third kappa shape index (κ3) is 2.49. The summed E-state index contributed by atoms with van der Waals surface area (Å²) in [4.78, 5) is 11.2. The maximum absolute atomic E-state index is 11.2. The molecule has 1 aromatic carbocycles. The first-order valence-electron chi connectivity index (χ1n) is 4.79. The molecule has 76 valence electrons. The molecular weight excluding hydrogens is 176 g/mol. The van der Waals surface area contributed by atoms with Gasteiger partial charge >= 0.3 is 0 Å². The fraction of sp³-hybridized carbons (Fsp3) is 0.364. The Morgan fingerprint density at radius 3 is 2.79 bits per heavy atom. The zero-order valence-electron chi connectivity index (χ0n) is 8.63. The van der Waals surface area contributed by atoms with Crippen LogP contribution >= 0.6 is 0 Å². The Morgan fingerprint density at radius 2 is 2.21 bits per heavy atom. The first-order valence-corrected chi connectivity index (χ1v) is 4.79. The Balaban J connectivity index is 2.89. The van der Waals surface area contributed by atoms with Crippen LogP contribution in [0, 0.1) is 0 Å². The summed E-state index contributed by atoms with van der Waals surface area (Å²) in [7, 11) is 0. The van der Waals surface area contributed by atoms with Gasteiger partial charge in [0.05, 0.1) is 0 Å². The molecule has 0 fully saturated rings. The van der Waals surface area contributed by atoms with E-state index in [-0.39, 0.29) is 5.78 Å². The van der Waals surface area contributed by atoms with Crippen LogP contribution in [0.4, 0.5) is 11.4 Å². The molecule has 0 saturated carbocycles. The number of carbonyl (C=O) groups excluding carboxylic acids is 1. The SMILES string of the molecule is CCCNc1ccc(N)c(C(C)=O)c1. The molecule has 1 aromatic rings. The number of rotatable bonds is 4. The topological polar surface area (TPSA) is 55.1 Å². The zero-order valence-corrected chi connectivity index (χ0v) is 8.63. The molecule has 0 radical (unpaired) electrons. The highest BCUT2D eigenvalue weighted by Gasteiger charge is 2.04. The summed E-state index contributed by atoms with van der Waals surface area (Å²) in [6.45, 7) is 4.52. The highest BCUT2D eigenvalue weighted by atomic mass is 16.1. The van der Waals surface area contributed by atoms with Crippen molar-refractivity contribution >= 4 is 17.2 Å². The Morgan fingerprint density at radius 1 is 1.50 bits per heavy atom. The number of ketones is 1. The van der Waals surface area contributed by atoms with Crippen LogP contribution in [0.25, 0.3) is 0 Å². The molecule has 3 heteroatoms. The molecule has 1 rings (SSSR count). The summed E-state index contributed by atoms with van der Waals surface area (Å²) in [5, 5.41) is 3.21. The molecule has 3 nitrogen and oxygen atoms in total. The smallest absolute Gasteiger partial charge is 0.161 e. The predicted molar refractivity (Wildman–Crippen MR) is 59.6 cm³/mol. The molecule has 0 aliphatic carbocycles. The van der Waals surface area contributed by atoms with E-state index in [2.05, 4.69) is 12.2 Å². The highest BCUT2D eigenvalue weighted by Crippen LogP contribution is 2.18. The lowest BCUT2D eigenvalue weighted by molar-refractivity contribution is 0.101. The van der Waals surface area contributed by atoms with Crippen LogP contribution in [0.2, 0.25) is 0 Å². The van der Waals surface area contributed by atoms with Crippen LogP contribution < -0.4 is 11.1 Å². The van der Waals surface area contributed by atoms with Crippen molar-refractivity contribution in [2.45, 2.75) is 20.3 Å². The third-order valence-electron chi connectivity index (χ3n) is 2.01. The first kappa shape index (κ1) is 10.6. The summed E-state index contributed by atoms with van der Waals surface area (Å²) in [6, 6.07) is 5.44. The Hall–Kier alpha value is -1.51. The number of benzene rings is 1.